The molecule has 0 aromatic rings. The third-order valence-corrected chi connectivity index (χ3v) is 3.20. The highest BCUT2D eigenvalue weighted by molar-refractivity contribution is 5.81. The Morgan fingerprint density at radius 3 is 2.06 bits per heavy atom. The third-order valence-electron chi connectivity index (χ3n) is 3.20. The molecule has 3 N–H and O–H groups in total. The molecule has 1 atom stereocenters. The van der Waals surface area contributed by atoms with Crippen LogP contribution in [-0.4, -0.2) is 53.8 Å². The predicted octanol–water partition coefficient (Wildman–Crippen LogP) is -0.835. The van der Waals surface area contributed by atoms with Crippen LogP contribution in [0.15, 0.2) is 0 Å². The Hall–Kier alpha value is -1.14. The minimum atomic E-state index is -0.214. The maximum Gasteiger partial charge on any atom is 0.251 e. The summed E-state index contributed by atoms with van der Waals surface area (Å²) in [6, 6.07) is -0.214. The number of nitrogens with zero attached hydrogens (tertiary/aromatic N) is 2. The van der Waals surface area contributed by atoms with E-state index in [1.165, 1.54) is 0 Å². The average molecular weight is 242 g/mol. The number of carbonyl (C=O) groups is 2. The minimum Gasteiger partial charge on any atom is -0.340 e. The SMILES string of the molecule is CC(=O)N1CCN(C(C(=O)NN)C(C)C)CC1. The number of hydrazine groups is 1. The summed E-state index contributed by atoms with van der Waals surface area (Å²) in [6.45, 7) is 8.36. The van der Waals surface area contributed by atoms with Gasteiger partial charge in [0.05, 0.1) is 6.04 Å². The van der Waals surface area contributed by atoms with Crippen molar-refractivity contribution in [3.8, 4) is 0 Å². The Morgan fingerprint density at radius 1 is 1.18 bits per heavy atom. The van der Waals surface area contributed by atoms with Crippen LogP contribution in [0.4, 0.5) is 0 Å². The Balaban J connectivity index is 2.61. The molecule has 0 aromatic heterocycles. The Kier molecular flexibility index (Phi) is 4.89. The summed E-state index contributed by atoms with van der Waals surface area (Å²) >= 11 is 0. The van der Waals surface area contributed by atoms with Crippen LogP contribution >= 0.6 is 0 Å². The van der Waals surface area contributed by atoms with Crippen molar-refractivity contribution >= 4 is 11.8 Å². The molecule has 1 rings (SSSR count). The standard InChI is InChI=1S/C11H22N4O2/c1-8(2)10(11(17)13-12)15-6-4-14(5-7-15)9(3)16/h8,10H,4-7,12H2,1-3H3,(H,13,17). The normalized spacial score (nSPS) is 19.2. The molecule has 0 aliphatic carbocycles. The summed E-state index contributed by atoms with van der Waals surface area (Å²) in [5.74, 6) is 5.33. The molecule has 1 unspecified atom stereocenters. The second-order valence-corrected chi connectivity index (χ2v) is 4.74. The quantitative estimate of drug-likeness (QED) is 0.384. The lowest BCUT2D eigenvalue weighted by atomic mass is 10.0. The second-order valence-electron chi connectivity index (χ2n) is 4.74. The van der Waals surface area contributed by atoms with Crippen molar-refractivity contribution in [1.82, 2.24) is 15.2 Å². The number of carbonyl (C=O) groups excluding carboxylic acids is 2. The van der Waals surface area contributed by atoms with Gasteiger partial charge in [-0.25, -0.2) is 5.84 Å². The second kappa shape index (κ2) is 5.97. The van der Waals surface area contributed by atoms with E-state index in [-0.39, 0.29) is 23.8 Å². The van der Waals surface area contributed by atoms with Crippen molar-refractivity contribution in [2.45, 2.75) is 26.8 Å². The number of hydrogen-bond acceptors (Lipinski definition) is 4. The molecule has 1 heterocycles. The molecule has 0 saturated carbocycles. The zero-order chi connectivity index (χ0) is 13.0. The van der Waals surface area contributed by atoms with E-state index in [4.69, 9.17) is 5.84 Å². The molecule has 6 nitrogen and oxygen atoms in total. The molecule has 6 heteroatoms. The lowest BCUT2D eigenvalue weighted by molar-refractivity contribution is -0.133. The van der Waals surface area contributed by atoms with Gasteiger partial charge in [0, 0.05) is 33.1 Å². The lowest BCUT2D eigenvalue weighted by Crippen LogP contribution is -2.58. The van der Waals surface area contributed by atoms with Gasteiger partial charge in [-0.1, -0.05) is 13.8 Å². The van der Waals surface area contributed by atoms with Crippen molar-refractivity contribution in [3.05, 3.63) is 0 Å². The van der Waals surface area contributed by atoms with Crippen LogP contribution in [0.1, 0.15) is 20.8 Å². The first-order valence-corrected chi connectivity index (χ1v) is 5.97. The van der Waals surface area contributed by atoms with Crippen LogP contribution in [0, 0.1) is 5.92 Å². The highest BCUT2D eigenvalue weighted by Gasteiger charge is 2.31. The van der Waals surface area contributed by atoms with E-state index in [9.17, 15) is 9.59 Å². The predicted molar refractivity (Wildman–Crippen MR) is 64.8 cm³/mol. The molecule has 17 heavy (non-hydrogen) atoms. The van der Waals surface area contributed by atoms with Crippen molar-refractivity contribution in [3.63, 3.8) is 0 Å². The Morgan fingerprint density at radius 2 is 1.71 bits per heavy atom. The molecule has 1 saturated heterocycles. The minimum absolute atomic E-state index is 0.0917. The third kappa shape index (κ3) is 3.41. The van der Waals surface area contributed by atoms with Crippen LogP contribution in [-0.2, 0) is 9.59 Å². The number of amides is 2. The molecule has 1 aliphatic heterocycles. The summed E-state index contributed by atoms with van der Waals surface area (Å²) < 4.78 is 0. The van der Waals surface area contributed by atoms with Crippen molar-refractivity contribution in [2.24, 2.45) is 11.8 Å². The van der Waals surface area contributed by atoms with Gasteiger partial charge in [-0.05, 0) is 5.92 Å². The first kappa shape index (κ1) is 13.9. The van der Waals surface area contributed by atoms with Crippen LogP contribution in [0.2, 0.25) is 0 Å². The first-order valence-electron chi connectivity index (χ1n) is 5.97. The average Bonchev–Trinajstić information content (AvgIpc) is 2.29. The summed E-state index contributed by atoms with van der Waals surface area (Å²) in [6.07, 6.45) is 0. The highest BCUT2D eigenvalue weighted by atomic mass is 16.2. The molecule has 0 spiro atoms. The van der Waals surface area contributed by atoms with E-state index in [1.807, 2.05) is 13.8 Å². The van der Waals surface area contributed by atoms with Crippen LogP contribution in [0.25, 0.3) is 0 Å². The van der Waals surface area contributed by atoms with Gasteiger partial charge in [0.2, 0.25) is 5.91 Å². The van der Waals surface area contributed by atoms with Gasteiger partial charge < -0.3 is 4.90 Å². The maximum absolute atomic E-state index is 11.7. The summed E-state index contributed by atoms with van der Waals surface area (Å²) in [4.78, 5) is 26.8. The molecular weight excluding hydrogens is 220 g/mol. The van der Waals surface area contributed by atoms with Gasteiger partial charge in [-0.15, -0.1) is 0 Å². The fraction of sp³-hybridized carbons (Fsp3) is 0.818. The fourth-order valence-corrected chi connectivity index (χ4v) is 2.29. The van der Waals surface area contributed by atoms with Gasteiger partial charge in [0.25, 0.3) is 5.91 Å². The lowest BCUT2D eigenvalue weighted by Gasteiger charge is -2.39. The van der Waals surface area contributed by atoms with Crippen LogP contribution in [0.5, 0.6) is 0 Å². The number of nitrogens with one attached hydrogen (secondary N) is 1. The molecule has 0 radical (unpaired) electrons. The zero-order valence-corrected chi connectivity index (χ0v) is 10.8. The van der Waals surface area contributed by atoms with Crippen LogP contribution in [0.3, 0.4) is 0 Å². The summed E-state index contributed by atoms with van der Waals surface area (Å²) in [5.41, 5.74) is 2.22. The van der Waals surface area contributed by atoms with Crippen LogP contribution < -0.4 is 11.3 Å². The molecule has 1 fully saturated rings. The van der Waals surface area contributed by atoms with Crippen molar-refractivity contribution in [2.75, 3.05) is 26.2 Å². The Bertz CT molecular complexity index is 285. The first-order chi connectivity index (χ1) is 7.97. The molecule has 0 aromatic carbocycles. The van der Waals surface area contributed by atoms with Gasteiger partial charge in [0.1, 0.15) is 0 Å². The van der Waals surface area contributed by atoms with Crippen molar-refractivity contribution in [1.29, 1.82) is 0 Å². The fourth-order valence-electron chi connectivity index (χ4n) is 2.29. The van der Waals surface area contributed by atoms with Crippen molar-refractivity contribution < 1.29 is 9.59 Å². The van der Waals surface area contributed by atoms with E-state index in [2.05, 4.69) is 10.3 Å². The molecule has 2 amide bonds. The van der Waals surface area contributed by atoms with Gasteiger partial charge in [0.15, 0.2) is 0 Å². The highest BCUT2D eigenvalue weighted by Crippen LogP contribution is 2.14. The van der Waals surface area contributed by atoms with E-state index in [0.717, 1.165) is 13.1 Å². The van der Waals surface area contributed by atoms with Gasteiger partial charge in [-0.3, -0.25) is 19.9 Å². The topological polar surface area (TPSA) is 78.7 Å². The molecule has 0 bridgehead atoms. The molecular formula is C11H22N4O2. The van der Waals surface area contributed by atoms with Gasteiger partial charge >= 0.3 is 0 Å². The smallest absolute Gasteiger partial charge is 0.251 e. The number of piperazine rings is 1. The number of hydrogen-bond donors (Lipinski definition) is 2. The van der Waals surface area contributed by atoms with E-state index >= 15 is 0 Å². The summed E-state index contributed by atoms with van der Waals surface area (Å²) in [5, 5.41) is 0. The van der Waals surface area contributed by atoms with E-state index < -0.39 is 0 Å². The maximum atomic E-state index is 11.7. The number of rotatable bonds is 3. The molecule has 98 valence electrons. The summed E-state index contributed by atoms with van der Waals surface area (Å²) in [7, 11) is 0. The zero-order valence-electron chi connectivity index (χ0n) is 10.8. The Labute approximate surface area is 102 Å². The van der Waals surface area contributed by atoms with E-state index in [1.54, 1.807) is 11.8 Å². The monoisotopic (exact) mass is 242 g/mol. The van der Waals surface area contributed by atoms with E-state index in [0.29, 0.717) is 13.1 Å². The largest absolute Gasteiger partial charge is 0.340 e. The number of nitrogens with two attached hydrogens (primary N) is 1. The molecule has 1 aliphatic rings. The van der Waals surface area contributed by atoms with Gasteiger partial charge in [-0.2, -0.15) is 0 Å².